The maximum Gasteiger partial charge on any atom is 0.262 e. The minimum atomic E-state index is -0.870. The second-order valence-electron chi connectivity index (χ2n) is 6.73. The number of nitrogens with zero attached hydrogens (tertiary/aromatic N) is 1. The molecule has 0 fully saturated rings. The molecular formula is C22H24N2O5S. The molecule has 0 spiro atoms. The molecule has 0 unspecified atom stereocenters. The Morgan fingerprint density at radius 3 is 2.23 bits per heavy atom. The van der Waals surface area contributed by atoms with E-state index in [1.54, 1.807) is 62.4 Å². The number of thioether (sulfide) groups is 1. The third kappa shape index (κ3) is 4.28. The maximum atomic E-state index is 13.0. The molecule has 0 bridgehead atoms. The smallest absolute Gasteiger partial charge is 0.262 e. The van der Waals surface area contributed by atoms with Gasteiger partial charge >= 0.3 is 0 Å². The van der Waals surface area contributed by atoms with Gasteiger partial charge in [0.2, 0.25) is 5.91 Å². The van der Waals surface area contributed by atoms with Crippen LogP contribution >= 0.6 is 11.8 Å². The maximum absolute atomic E-state index is 13.0. The van der Waals surface area contributed by atoms with E-state index >= 15 is 0 Å². The quantitative estimate of drug-likeness (QED) is 0.618. The fourth-order valence-corrected chi connectivity index (χ4v) is 3.85. The SMILES string of the molecule is COc1ccc(CNC(=O)[C@H](CCSC)N2C(=O)c3ccccc3C2=O)cc1OC. The van der Waals surface area contributed by atoms with Gasteiger partial charge < -0.3 is 14.8 Å². The van der Waals surface area contributed by atoms with E-state index in [0.717, 1.165) is 10.5 Å². The number of carbonyl (C=O) groups excluding carboxylic acids is 3. The zero-order chi connectivity index (χ0) is 21.7. The van der Waals surface area contributed by atoms with Crippen molar-refractivity contribution in [1.82, 2.24) is 10.2 Å². The number of carbonyl (C=O) groups is 3. The van der Waals surface area contributed by atoms with Gasteiger partial charge in [0.05, 0.1) is 25.3 Å². The fourth-order valence-electron chi connectivity index (χ4n) is 3.40. The molecule has 3 rings (SSSR count). The number of nitrogens with one attached hydrogen (secondary N) is 1. The molecule has 0 aliphatic carbocycles. The normalized spacial score (nSPS) is 13.8. The molecule has 1 aliphatic rings. The van der Waals surface area contributed by atoms with Gasteiger partial charge in [-0.3, -0.25) is 19.3 Å². The molecule has 30 heavy (non-hydrogen) atoms. The molecule has 0 saturated carbocycles. The highest BCUT2D eigenvalue weighted by Crippen LogP contribution is 2.28. The van der Waals surface area contributed by atoms with Crippen molar-refractivity contribution < 1.29 is 23.9 Å². The van der Waals surface area contributed by atoms with Crippen molar-refractivity contribution >= 4 is 29.5 Å². The van der Waals surface area contributed by atoms with Crippen molar-refractivity contribution in [3.63, 3.8) is 0 Å². The van der Waals surface area contributed by atoms with Crippen LogP contribution in [-0.4, -0.2) is 54.9 Å². The molecule has 2 aromatic carbocycles. The number of rotatable bonds is 9. The first-order chi connectivity index (χ1) is 14.5. The highest BCUT2D eigenvalue weighted by atomic mass is 32.2. The van der Waals surface area contributed by atoms with Crippen molar-refractivity contribution in [1.29, 1.82) is 0 Å². The van der Waals surface area contributed by atoms with Crippen LogP contribution in [0.3, 0.4) is 0 Å². The fraction of sp³-hybridized carbons (Fsp3) is 0.318. The van der Waals surface area contributed by atoms with Crippen molar-refractivity contribution in [2.45, 2.75) is 19.0 Å². The number of benzene rings is 2. The summed E-state index contributed by atoms with van der Waals surface area (Å²) in [6.45, 7) is 0.234. The average Bonchev–Trinajstić information content (AvgIpc) is 3.03. The van der Waals surface area contributed by atoms with E-state index in [9.17, 15) is 14.4 Å². The van der Waals surface area contributed by atoms with Gasteiger partial charge in [-0.25, -0.2) is 0 Å². The first-order valence-electron chi connectivity index (χ1n) is 9.46. The lowest BCUT2D eigenvalue weighted by Gasteiger charge is -2.25. The Morgan fingerprint density at radius 1 is 1.03 bits per heavy atom. The minimum Gasteiger partial charge on any atom is -0.493 e. The summed E-state index contributed by atoms with van der Waals surface area (Å²) in [6, 6.07) is 11.1. The molecule has 1 atom stereocenters. The van der Waals surface area contributed by atoms with Crippen molar-refractivity contribution in [3.8, 4) is 11.5 Å². The first kappa shape index (κ1) is 21.7. The molecule has 1 heterocycles. The number of hydrogen-bond acceptors (Lipinski definition) is 6. The molecule has 2 aromatic rings. The predicted octanol–water partition coefficient (Wildman–Crippen LogP) is 2.74. The largest absolute Gasteiger partial charge is 0.493 e. The summed E-state index contributed by atoms with van der Waals surface area (Å²) in [5.41, 5.74) is 1.49. The van der Waals surface area contributed by atoms with E-state index in [1.165, 1.54) is 0 Å². The Morgan fingerprint density at radius 2 is 1.67 bits per heavy atom. The third-order valence-electron chi connectivity index (χ3n) is 4.95. The first-order valence-corrected chi connectivity index (χ1v) is 10.9. The monoisotopic (exact) mass is 428 g/mol. The second-order valence-corrected chi connectivity index (χ2v) is 7.72. The minimum absolute atomic E-state index is 0.234. The van der Waals surface area contributed by atoms with Crippen molar-refractivity contribution in [2.24, 2.45) is 0 Å². The molecule has 7 nitrogen and oxygen atoms in total. The zero-order valence-corrected chi connectivity index (χ0v) is 18.0. The van der Waals surface area contributed by atoms with Gasteiger partial charge in [-0.05, 0) is 48.3 Å². The summed E-state index contributed by atoms with van der Waals surface area (Å²) in [5.74, 6) is 0.571. The number of methoxy groups -OCH3 is 2. The lowest BCUT2D eigenvalue weighted by atomic mass is 10.1. The third-order valence-corrected chi connectivity index (χ3v) is 5.59. The molecule has 1 aliphatic heterocycles. The van der Waals surface area contributed by atoms with Crippen LogP contribution in [-0.2, 0) is 11.3 Å². The predicted molar refractivity (Wildman–Crippen MR) is 115 cm³/mol. The van der Waals surface area contributed by atoms with E-state index in [-0.39, 0.29) is 12.5 Å². The lowest BCUT2D eigenvalue weighted by Crippen LogP contribution is -2.49. The Kier molecular flexibility index (Phi) is 6.99. The summed E-state index contributed by atoms with van der Waals surface area (Å²) in [5, 5.41) is 2.85. The summed E-state index contributed by atoms with van der Waals surface area (Å²) < 4.78 is 10.5. The van der Waals surface area contributed by atoms with E-state index in [4.69, 9.17) is 9.47 Å². The van der Waals surface area contributed by atoms with E-state index in [1.807, 2.05) is 12.3 Å². The van der Waals surface area contributed by atoms with Crippen LogP contribution in [0.2, 0.25) is 0 Å². The zero-order valence-electron chi connectivity index (χ0n) is 17.1. The van der Waals surface area contributed by atoms with Gasteiger partial charge in [-0.15, -0.1) is 0 Å². The van der Waals surface area contributed by atoms with Gasteiger partial charge in [-0.2, -0.15) is 11.8 Å². The summed E-state index contributed by atoms with van der Waals surface area (Å²) in [4.78, 5) is 39.8. The highest BCUT2D eigenvalue weighted by molar-refractivity contribution is 7.98. The van der Waals surface area contributed by atoms with Crippen molar-refractivity contribution in [3.05, 3.63) is 59.2 Å². The van der Waals surface area contributed by atoms with Gasteiger partial charge in [-0.1, -0.05) is 18.2 Å². The van der Waals surface area contributed by atoms with Crippen molar-refractivity contribution in [2.75, 3.05) is 26.2 Å². The van der Waals surface area contributed by atoms with Crippen LogP contribution in [0, 0.1) is 0 Å². The van der Waals surface area contributed by atoms with Crippen LogP contribution in [0.5, 0.6) is 11.5 Å². The van der Waals surface area contributed by atoms with Crippen LogP contribution < -0.4 is 14.8 Å². The summed E-state index contributed by atoms with van der Waals surface area (Å²) in [6.07, 6.45) is 2.30. The Balaban J connectivity index is 1.77. The molecular weight excluding hydrogens is 404 g/mol. The van der Waals surface area contributed by atoms with E-state index in [0.29, 0.717) is 34.8 Å². The number of amides is 3. The Bertz CT molecular complexity index is 927. The molecule has 0 saturated heterocycles. The Hall–Kier alpha value is -3.00. The van der Waals surface area contributed by atoms with Crippen LogP contribution in [0.25, 0.3) is 0 Å². The number of fused-ring (bicyclic) bond motifs is 1. The lowest BCUT2D eigenvalue weighted by molar-refractivity contribution is -0.125. The molecule has 3 amide bonds. The molecule has 1 N–H and O–H groups in total. The average molecular weight is 429 g/mol. The molecule has 8 heteroatoms. The molecule has 158 valence electrons. The van der Waals surface area contributed by atoms with Gasteiger partial charge in [0.1, 0.15) is 6.04 Å². The second kappa shape index (κ2) is 9.67. The summed E-state index contributed by atoms with van der Waals surface area (Å²) in [7, 11) is 3.10. The van der Waals surface area contributed by atoms with Crippen LogP contribution in [0.4, 0.5) is 0 Å². The topological polar surface area (TPSA) is 84.9 Å². The van der Waals surface area contributed by atoms with Gasteiger partial charge in [0.25, 0.3) is 11.8 Å². The molecule has 0 radical (unpaired) electrons. The number of hydrogen-bond donors (Lipinski definition) is 1. The van der Waals surface area contributed by atoms with E-state index < -0.39 is 17.9 Å². The van der Waals surface area contributed by atoms with Gasteiger partial charge in [0.15, 0.2) is 11.5 Å². The van der Waals surface area contributed by atoms with Crippen LogP contribution in [0.1, 0.15) is 32.7 Å². The summed E-state index contributed by atoms with van der Waals surface area (Å²) >= 11 is 1.56. The Labute approximate surface area is 179 Å². The number of ether oxygens (including phenoxy) is 2. The van der Waals surface area contributed by atoms with Gasteiger partial charge in [0, 0.05) is 6.54 Å². The molecule has 0 aromatic heterocycles. The highest BCUT2D eigenvalue weighted by Gasteiger charge is 2.42. The standard InChI is InChI=1S/C22H24N2O5S/c1-28-18-9-8-14(12-19(18)29-2)13-23-20(25)17(10-11-30-3)24-21(26)15-6-4-5-7-16(15)22(24)27/h4-9,12,17H,10-11,13H2,1-3H3,(H,23,25)/t17-/m0/s1. The number of imide groups is 1. The van der Waals surface area contributed by atoms with E-state index in [2.05, 4.69) is 5.32 Å². The van der Waals surface area contributed by atoms with Crippen LogP contribution in [0.15, 0.2) is 42.5 Å².